The fourth-order valence-electron chi connectivity index (χ4n) is 3.60. The molecule has 0 amide bonds. The average Bonchev–Trinajstić information content (AvgIpc) is 2.99. The van der Waals surface area contributed by atoms with Crippen LogP contribution in [0.4, 0.5) is 0 Å². The second-order valence-electron chi connectivity index (χ2n) is 6.97. The molecule has 0 aromatic carbocycles. The molecule has 1 aliphatic carbocycles. The van der Waals surface area contributed by atoms with Crippen LogP contribution in [0.3, 0.4) is 0 Å². The Labute approximate surface area is 126 Å². The quantitative estimate of drug-likeness (QED) is 0.927. The maximum Gasteiger partial charge on any atom is 0.243 e. The SMILES string of the molecule is COC1(c2noc(C3CC(C)CCN3)n2)CCC(C)CC1. The molecular weight excluding hydrogens is 266 g/mol. The lowest BCUT2D eigenvalue weighted by Crippen LogP contribution is -2.35. The van der Waals surface area contributed by atoms with E-state index in [1.54, 1.807) is 7.11 Å². The molecule has 5 nitrogen and oxygen atoms in total. The van der Waals surface area contributed by atoms with E-state index in [0.29, 0.717) is 5.92 Å². The lowest BCUT2D eigenvalue weighted by molar-refractivity contribution is -0.0609. The fourth-order valence-corrected chi connectivity index (χ4v) is 3.60. The van der Waals surface area contributed by atoms with Gasteiger partial charge in [-0.1, -0.05) is 19.0 Å². The number of ether oxygens (including phenoxy) is 1. The normalized spacial score (nSPS) is 37.6. The third kappa shape index (κ3) is 2.99. The van der Waals surface area contributed by atoms with Gasteiger partial charge in [0.2, 0.25) is 11.7 Å². The molecule has 0 bridgehead atoms. The summed E-state index contributed by atoms with van der Waals surface area (Å²) in [6.45, 7) is 5.61. The summed E-state index contributed by atoms with van der Waals surface area (Å²) in [5, 5.41) is 7.74. The number of rotatable bonds is 3. The molecule has 1 aromatic heterocycles. The lowest BCUT2D eigenvalue weighted by Gasteiger charge is -2.35. The summed E-state index contributed by atoms with van der Waals surface area (Å²) >= 11 is 0. The van der Waals surface area contributed by atoms with Crippen molar-refractivity contribution in [3.63, 3.8) is 0 Å². The second-order valence-corrected chi connectivity index (χ2v) is 6.97. The fraction of sp³-hybridized carbons (Fsp3) is 0.875. The van der Waals surface area contributed by atoms with E-state index in [1.807, 2.05) is 0 Å². The van der Waals surface area contributed by atoms with E-state index in [4.69, 9.17) is 14.2 Å². The molecule has 2 aliphatic rings. The standard InChI is InChI=1S/C16H27N3O2/c1-11-4-7-16(20-3,8-5-11)15-18-14(21-19-15)13-10-12(2)6-9-17-13/h11-13,17H,4-10H2,1-3H3. The van der Waals surface area contributed by atoms with Gasteiger partial charge < -0.3 is 14.6 Å². The Hall–Kier alpha value is -0.940. The monoisotopic (exact) mass is 293 g/mol. The summed E-state index contributed by atoms with van der Waals surface area (Å²) in [5.74, 6) is 2.94. The van der Waals surface area contributed by atoms with E-state index in [1.165, 1.54) is 6.42 Å². The van der Waals surface area contributed by atoms with Gasteiger partial charge in [0.05, 0.1) is 6.04 Å². The molecule has 0 radical (unpaired) electrons. The molecule has 1 aromatic rings. The van der Waals surface area contributed by atoms with Crippen LogP contribution >= 0.6 is 0 Å². The first-order chi connectivity index (χ1) is 10.1. The molecule has 1 aliphatic heterocycles. The number of aromatic nitrogens is 2. The number of nitrogens with one attached hydrogen (secondary N) is 1. The van der Waals surface area contributed by atoms with E-state index >= 15 is 0 Å². The van der Waals surface area contributed by atoms with Crippen LogP contribution in [0.2, 0.25) is 0 Å². The van der Waals surface area contributed by atoms with E-state index in [2.05, 4.69) is 24.3 Å². The summed E-state index contributed by atoms with van der Waals surface area (Å²) < 4.78 is 11.4. The molecule has 1 saturated carbocycles. The van der Waals surface area contributed by atoms with Gasteiger partial charge in [-0.15, -0.1) is 0 Å². The zero-order chi connectivity index (χ0) is 14.9. The summed E-state index contributed by atoms with van der Waals surface area (Å²) in [6.07, 6.45) is 6.58. The highest BCUT2D eigenvalue weighted by Gasteiger charge is 2.40. The summed E-state index contributed by atoms with van der Waals surface area (Å²) in [5.41, 5.74) is -0.339. The Morgan fingerprint density at radius 2 is 1.95 bits per heavy atom. The van der Waals surface area contributed by atoms with Crippen molar-refractivity contribution in [3.05, 3.63) is 11.7 Å². The minimum atomic E-state index is -0.339. The third-order valence-electron chi connectivity index (χ3n) is 5.29. The molecule has 2 heterocycles. The Bertz CT molecular complexity index is 466. The van der Waals surface area contributed by atoms with Gasteiger partial charge in [0.15, 0.2) is 0 Å². The van der Waals surface area contributed by atoms with Crippen LogP contribution in [-0.2, 0) is 10.3 Å². The van der Waals surface area contributed by atoms with Gasteiger partial charge >= 0.3 is 0 Å². The Morgan fingerprint density at radius 3 is 2.62 bits per heavy atom. The molecule has 21 heavy (non-hydrogen) atoms. The van der Waals surface area contributed by atoms with E-state index < -0.39 is 0 Å². The predicted molar refractivity (Wildman–Crippen MR) is 79.8 cm³/mol. The van der Waals surface area contributed by atoms with Gasteiger partial charge in [0.1, 0.15) is 5.60 Å². The van der Waals surface area contributed by atoms with Crippen LogP contribution in [0, 0.1) is 11.8 Å². The van der Waals surface area contributed by atoms with Crippen molar-refractivity contribution in [1.82, 2.24) is 15.5 Å². The molecule has 1 saturated heterocycles. The first-order valence-electron chi connectivity index (χ1n) is 8.25. The highest BCUT2D eigenvalue weighted by Crippen LogP contribution is 2.41. The van der Waals surface area contributed by atoms with Crippen molar-refractivity contribution in [2.45, 2.75) is 64.0 Å². The first-order valence-corrected chi connectivity index (χ1v) is 8.25. The second kappa shape index (κ2) is 6.05. The molecule has 3 rings (SSSR count). The summed E-state index contributed by atoms with van der Waals surface area (Å²) in [6, 6.07) is 0.200. The van der Waals surface area contributed by atoms with Gasteiger partial charge in [-0.05, 0) is 56.9 Å². The van der Waals surface area contributed by atoms with Crippen LogP contribution in [0.25, 0.3) is 0 Å². The number of hydrogen-bond donors (Lipinski definition) is 1. The Balaban J connectivity index is 1.77. The maximum absolute atomic E-state index is 5.83. The molecule has 0 spiro atoms. The molecular formula is C16H27N3O2. The summed E-state index contributed by atoms with van der Waals surface area (Å²) in [4.78, 5) is 4.69. The maximum atomic E-state index is 5.83. The van der Waals surface area contributed by atoms with Crippen LogP contribution in [0.5, 0.6) is 0 Å². The molecule has 5 heteroatoms. The van der Waals surface area contributed by atoms with Gasteiger partial charge in [-0.3, -0.25) is 0 Å². The van der Waals surface area contributed by atoms with Crippen molar-refractivity contribution in [2.75, 3.05) is 13.7 Å². The smallest absolute Gasteiger partial charge is 0.243 e. The van der Waals surface area contributed by atoms with Crippen molar-refractivity contribution in [3.8, 4) is 0 Å². The van der Waals surface area contributed by atoms with Crippen molar-refractivity contribution in [1.29, 1.82) is 0 Å². The minimum absolute atomic E-state index is 0.200. The Kier molecular flexibility index (Phi) is 4.31. The van der Waals surface area contributed by atoms with Crippen molar-refractivity contribution >= 4 is 0 Å². The number of piperidine rings is 1. The highest BCUT2D eigenvalue weighted by molar-refractivity contribution is 5.06. The number of nitrogens with zero attached hydrogens (tertiary/aromatic N) is 2. The van der Waals surface area contributed by atoms with Crippen LogP contribution in [0.15, 0.2) is 4.52 Å². The zero-order valence-electron chi connectivity index (χ0n) is 13.4. The number of methoxy groups -OCH3 is 1. The first kappa shape index (κ1) is 15.0. The highest BCUT2D eigenvalue weighted by atomic mass is 16.5. The van der Waals surface area contributed by atoms with Crippen LogP contribution < -0.4 is 5.32 Å². The molecule has 2 fully saturated rings. The van der Waals surface area contributed by atoms with E-state index in [9.17, 15) is 0 Å². The van der Waals surface area contributed by atoms with Gasteiger partial charge in [0.25, 0.3) is 0 Å². The summed E-state index contributed by atoms with van der Waals surface area (Å²) in [7, 11) is 1.77. The molecule has 118 valence electrons. The van der Waals surface area contributed by atoms with Crippen molar-refractivity contribution < 1.29 is 9.26 Å². The van der Waals surface area contributed by atoms with E-state index in [-0.39, 0.29) is 11.6 Å². The average molecular weight is 293 g/mol. The van der Waals surface area contributed by atoms with Gasteiger partial charge in [-0.2, -0.15) is 4.98 Å². The Morgan fingerprint density at radius 1 is 1.19 bits per heavy atom. The van der Waals surface area contributed by atoms with Crippen LogP contribution in [-0.4, -0.2) is 23.8 Å². The molecule has 2 unspecified atom stereocenters. The zero-order valence-corrected chi connectivity index (χ0v) is 13.4. The van der Waals surface area contributed by atoms with Crippen LogP contribution in [0.1, 0.15) is 70.1 Å². The third-order valence-corrected chi connectivity index (χ3v) is 5.29. The van der Waals surface area contributed by atoms with Gasteiger partial charge in [-0.25, -0.2) is 0 Å². The lowest BCUT2D eigenvalue weighted by atomic mass is 9.79. The molecule has 1 N–H and O–H groups in total. The minimum Gasteiger partial charge on any atom is -0.370 e. The largest absolute Gasteiger partial charge is 0.370 e. The van der Waals surface area contributed by atoms with Gasteiger partial charge in [0, 0.05) is 7.11 Å². The van der Waals surface area contributed by atoms with E-state index in [0.717, 1.165) is 56.3 Å². The number of hydrogen-bond acceptors (Lipinski definition) is 5. The van der Waals surface area contributed by atoms with Crippen molar-refractivity contribution in [2.24, 2.45) is 11.8 Å². The predicted octanol–water partition coefficient (Wildman–Crippen LogP) is 3.18. The molecule has 2 atom stereocenters. The topological polar surface area (TPSA) is 60.2 Å².